The van der Waals surface area contributed by atoms with Gasteiger partial charge in [-0.25, -0.2) is 0 Å². The van der Waals surface area contributed by atoms with Gasteiger partial charge in [0.1, 0.15) is 0 Å². The first-order chi connectivity index (χ1) is 16.1. The number of hydrogen-bond acceptors (Lipinski definition) is 5. The van der Waals surface area contributed by atoms with Gasteiger partial charge in [0.15, 0.2) is 17.3 Å². The van der Waals surface area contributed by atoms with Gasteiger partial charge in [0.2, 0.25) is 0 Å². The maximum atomic E-state index is 13.7. The van der Waals surface area contributed by atoms with Gasteiger partial charge in [-0.15, -0.1) is 0 Å². The highest BCUT2D eigenvalue weighted by molar-refractivity contribution is 6.01. The highest BCUT2D eigenvalue weighted by atomic mass is 16.5. The van der Waals surface area contributed by atoms with Crippen LogP contribution in [0.15, 0.2) is 78.0 Å². The predicted octanol–water partition coefficient (Wildman–Crippen LogP) is 5.99. The first kappa shape index (κ1) is 21.1. The highest BCUT2D eigenvalue weighted by Gasteiger charge is 2.37. The third-order valence-electron chi connectivity index (χ3n) is 6.60. The minimum absolute atomic E-state index is 0.141. The number of rotatable bonds is 4. The van der Waals surface area contributed by atoms with Crippen molar-refractivity contribution < 1.29 is 14.3 Å². The second-order valence-electron chi connectivity index (χ2n) is 8.66. The third kappa shape index (κ3) is 3.84. The number of para-hydroxylation sites is 3. The van der Waals surface area contributed by atoms with Gasteiger partial charge in [-0.1, -0.05) is 54.1 Å². The summed E-state index contributed by atoms with van der Waals surface area (Å²) in [6.07, 6.45) is 1.24. The van der Waals surface area contributed by atoms with E-state index in [1.54, 1.807) is 14.2 Å². The lowest BCUT2D eigenvalue weighted by Crippen LogP contribution is -2.27. The van der Waals surface area contributed by atoms with Crippen LogP contribution in [0.4, 0.5) is 11.4 Å². The Balaban J connectivity index is 1.64. The molecule has 0 fully saturated rings. The molecule has 5 rings (SSSR count). The largest absolute Gasteiger partial charge is 0.493 e. The molecular weight excluding hydrogens is 412 g/mol. The van der Waals surface area contributed by atoms with Gasteiger partial charge in [-0.05, 0) is 43.0 Å². The van der Waals surface area contributed by atoms with Crippen molar-refractivity contribution in [2.24, 2.45) is 0 Å². The van der Waals surface area contributed by atoms with E-state index >= 15 is 0 Å². The molecule has 0 saturated carbocycles. The van der Waals surface area contributed by atoms with E-state index in [4.69, 9.17) is 9.47 Å². The number of methoxy groups -OCH3 is 2. The molecule has 0 bridgehead atoms. The van der Waals surface area contributed by atoms with E-state index in [0.717, 1.165) is 34.6 Å². The molecule has 3 aromatic carbocycles. The lowest BCUT2D eigenvalue weighted by Gasteiger charge is -2.30. The van der Waals surface area contributed by atoms with Crippen LogP contribution in [0.5, 0.6) is 11.5 Å². The number of ether oxygens (including phenoxy) is 2. The molecule has 3 aromatic rings. The Hall–Kier alpha value is -3.73. The lowest BCUT2D eigenvalue weighted by atomic mass is 9.78. The second kappa shape index (κ2) is 8.66. The average molecular weight is 441 g/mol. The van der Waals surface area contributed by atoms with E-state index in [2.05, 4.69) is 41.8 Å². The first-order valence-electron chi connectivity index (χ1n) is 11.2. The summed E-state index contributed by atoms with van der Waals surface area (Å²) in [5.41, 5.74) is 6.93. The van der Waals surface area contributed by atoms with Crippen LogP contribution >= 0.6 is 0 Å². The van der Waals surface area contributed by atoms with Crippen molar-refractivity contribution in [3.63, 3.8) is 0 Å². The minimum atomic E-state index is -0.354. The van der Waals surface area contributed by atoms with E-state index < -0.39 is 0 Å². The normalized spacial score (nSPS) is 19.5. The summed E-state index contributed by atoms with van der Waals surface area (Å²) in [5, 5.41) is 7.21. The molecule has 33 heavy (non-hydrogen) atoms. The average Bonchev–Trinajstić information content (AvgIpc) is 3.00. The fourth-order valence-corrected chi connectivity index (χ4v) is 4.94. The summed E-state index contributed by atoms with van der Waals surface area (Å²) in [4.78, 5) is 13.7. The summed E-state index contributed by atoms with van der Waals surface area (Å²) in [6.45, 7) is 2.08. The maximum Gasteiger partial charge on any atom is 0.166 e. The monoisotopic (exact) mass is 440 g/mol. The number of allylic oxidation sites excluding steroid dienone is 1. The standard InChI is InChI=1S/C28H28N2O3/c1-17-11-13-18(14-12-17)19-15-23-26(24(31)16-19)27(30-22-9-5-4-8-21(22)29-23)20-7-6-10-25(32-2)28(20)33-3/h4-14,19,27,29-30H,15-16H2,1-3H3/t19-,27-/m1/s1. The number of anilines is 2. The van der Waals surface area contributed by atoms with Gasteiger partial charge in [-0.2, -0.15) is 0 Å². The van der Waals surface area contributed by atoms with Crippen LogP contribution in [0.1, 0.15) is 41.5 Å². The van der Waals surface area contributed by atoms with Crippen molar-refractivity contribution in [3.05, 3.63) is 94.7 Å². The van der Waals surface area contributed by atoms with Crippen LogP contribution in [-0.4, -0.2) is 20.0 Å². The number of nitrogens with one attached hydrogen (secondary N) is 2. The van der Waals surface area contributed by atoms with Gasteiger partial charge >= 0.3 is 0 Å². The molecule has 0 saturated heterocycles. The summed E-state index contributed by atoms with van der Waals surface area (Å²) < 4.78 is 11.3. The van der Waals surface area contributed by atoms with Crippen molar-refractivity contribution in [3.8, 4) is 11.5 Å². The number of benzene rings is 3. The molecule has 0 radical (unpaired) electrons. The number of Topliss-reactive ketones (excluding diaryl/α,β-unsaturated/α-hetero) is 1. The third-order valence-corrected chi connectivity index (χ3v) is 6.60. The number of carbonyl (C=O) groups excluding carboxylic acids is 1. The molecule has 1 heterocycles. The Bertz CT molecular complexity index is 1230. The SMILES string of the molecule is COc1cccc([C@H]2Nc3ccccc3NC3=C2C(=O)C[C@H](c2ccc(C)cc2)C3)c1OC. The second-order valence-corrected chi connectivity index (χ2v) is 8.66. The van der Waals surface area contributed by atoms with Gasteiger partial charge in [-0.3, -0.25) is 4.79 Å². The zero-order valence-electron chi connectivity index (χ0n) is 19.1. The fraction of sp³-hybridized carbons (Fsp3) is 0.250. The molecule has 2 aliphatic rings. The number of ketones is 1. The van der Waals surface area contributed by atoms with Crippen molar-refractivity contribution in [1.82, 2.24) is 0 Å². The Labute approximate surface area is 194 Å². The van der Waals surface area contributed by atoms with Crippen molar-refractivity contribution in [1.29, 1.82) is 0 Å². The zero-order chi connectivity index (χ0) is 22.9. The van der Waals surface area contributed by atoms with Gasteiger partial charge in [0, 0.05) is 23.3 Å². The molecule has 0 amide bonds. The Kier molecular flexibility index (Phi) is 5.55. The summed E-state index contributed by atoms with van der Waals surface area (Å²) in [7, 11) is 3.26. The van der Waals surface area contributed by atoms with Gasteiger partial charge in [0.25, 0.3) is 0 Å². The maximum absolute atomic E-state index is 13.7. The summed E-state index contributed by atoms with van der Waals surface area (Å²) in [6, 6.07) is 22.0. The van der Waals surface area contributed by atoms with Crippen molar-refractivity contribution >= 4 is 17.2 Å². The summed E-state index contributed by atoms with van der Waals surface area (Å²) >= 11 is 0. The van der Waals surface area contributed by atoms with E-state index in [0.29, 0.717) is 17.9 Å². The molecule has 0 unspecified atom stereocenters. The molecule has 1 aliphatic heterocycles. The van der Waals surface area contributed by atoms with E-state index in [1.807, 2.05) is 42.5 Å². The Morgan fingerprint density at radius 3 is 2.33 bits per heavy atom. The zero-order valence-corrected chi connectivity index (χ0v) is 19.1. The van der Waals surface area contributed by atoms with Crippen LogP contribution in [0, 0.1) is 6.92 Å². The molecular formula is C28H28N2O3. The Morgan fingerprint density at radius 2 is 1.61 bits per heavy atom. The molecule has 2 N–H and O–H groups in total. The molecule has 5 nitrogen and oxygen atoms in total. The molecule has 5 heteroatoms. The van der Waals surface area contributed by atoms with Gasteiger partial charge < -0.3 is 20.1 Å². The van der Waals surface area contributed by atoms with E-state index in [-0.39, 0.29) is 17.7 Å². The number of aryl methyl sites for hydroxylation is 1. The van der Waals surface area contributed by atoms with E-state index in [9.17, 15) is 4.79 Å². The van der Waals surface area contributed by atoms with E-state index in [1.165, 1.54) is 11.1 Å². The van der Waals surface area contributed by atoms with Crippen LogP contribution < -0.4 is 20.1 Å². The smallest absolute Gasteiger partial charge is 0.166 e. The Morgan fingerprint density at radius 1 is 0.848 bits per heavy atom. The topological polar surface area (TPSA) is 59.6 Å². The lowest BCUT2D eigenvalue weighted by molar-refractivity contribution is -0.116. The van der Waals surface area contributed by atoms with Crippen LogP contribution in [0.25, 0.3) is 0 Å². The number of carbonyl (C=O) groups is 1. The predicted molar refractivity (Wildman–Crippen MR) is 131 cm³/mol. The van der Waals surface area contributed by atoms with Crippen LogP contribution in [0.3, 0.4) is 0 Å². The van der Waals surface area contributed by atoms with Crippen molar-refractivity contribution in [2.45, 2.75) is 31.7 Å². The fourth-order valence-electron chi connectivity index (χ4n) is 4.94. The number of fused-ring (bicyclic) bond motifs is 1. The molecule has 168 valence electrons. The highest BCUT2D eigenvalue weighted by Crippen LogP contribution is 2.47. The van der Waals surface area contributed by atoms with Gasteiger partial charge in [0.05, 0.1) is 31.6 Å². The van der Waals surface area contributed by atoms with Crippen molar-refractivity contribution in [2.75, 3.05) is 24.9 Å². The minimum Gasteiger partial charge on any atom is -0.493 e. The molecule has 0 spiro atoms. The summed E-state index contributed by atoms with van der Waals surface area (Å²) in [5.74, 6) is 1.56. The van der Waals surface area contributed by atoms with Crippen LogP contribution in [-0.2, 0) is 4.79 Å². The first-order valence-corrected chi connectivity index (χ1v) is 11.2. The molecule has 2 atom stereocenters. The number of hydrogen-bond donors (Lipinski definition) is 2. The van der Waals surface area contributed by atoms with Crippen LogP contribution in [0.2, 0.25) is 0 Å². The molecule has 0 aromatic heterocycles. The quantitative estimate of drug-likeness (QED) is 0.522. The molecule has 1 aliphatic carbocycles.